The van der Waals surface area contributed by atoms with Crippen LogP contribution in [-0.4, -0.2) is 6.10 Å². The van der Waals surface area contributed by atoms with E-state index in [2.05, 4.69) is 48.3 Å². The SMILES string of the molecule is C=C/C=C\c1oc2ccccc2c1NC1=CC2Oc3ccccc3C2C=C1. The Kier molecular flexibility index (Phi) is 3.72. The molecule has 1 N–H and O–H groups in total. The van der Waals surface area contributed by atoms with E-state index in [1.165, 1.54) is 5.56 Å². The third-order valence-electron chi connectivity index (χ3n) is 5.00. The van der Waals surface area contributed by atoms with Crippen LogP contribution in [0.5, 0.6) is 5.75 Å². The second-order valence-electron chi connectivity index (χ2n) is 6.68. The lowest BCUT2D eigenvalue weighted by Crippen LogP contribution is -2.19. The number of benzene rings is 2. The van der Waals surface area contributed by atoms with Crippen LogP contribution in [0.4, 0.5) is 5.69 Å². The van der Waals surface area contributed by atoms with Gasteiger partial charge in [0.05, 0.1) is 5.69 Å². The van der Waals surface area contributed by atoms with Crippen LogP contribution in [0.15, 0.2) is 95.6 Å². The summed E-state index contributed by atoms with van der Waals surface area (Å²) < 4.78 is 12.1. The Morgan fingerprint density at radius 2 is 1.89 bits per heavy atom. The summed E-state index contributed by atoms with van der Waals surface area (Å²) in [6, 6.07) is 16.3. The number of para-hydroxylation sites is 2. The number of hydrogen-bond acceptors (Lipinski definition) is 3. The maximum atomic E-state index is 6.12. The molecular weight excluding hydrogens is 334 g/mol. The highest BCUT2D eigenvalue weighted by molar-refractivity contribution is 5.96. The molecular formula is C24H19NO2. The zero-order valence-corrected chi connectivity index (χ0v) is 14.8. The Balaban J connectivity index is 1.49. The predicted octanol–water partition coefficient (Wildman–Crippen LogP) is 6.04. The largest absolute Gasteiger partial charge is 0.485 e. The molecule has 0 bridgehead atoms. The average molecular weight is 353 g/mol. The van der Waals surface area contributed by atoms with Crippen LogP contribution in [0.25, 0.3) is 17.0 Å². The molecule has 1 aromatic heterocycles. The lowest BCUT2D eigenvalue weighted by molar-refractivity contribution is 0.268. The van der Waals surface area contributed by atoms with Gasteiger partial charge in [0.15, 0.2) is 5.76 Å². The van der Waals surface area contributed by atoms with Gasteiger partial charge in [-0.2, -0.15) is 0 Å². The number of anilines is 1. The lowest BCUT2D eigenvalue weighted by Gasteiger charge is -2.19. The van der Waals surface area contributed by atoms with Gasteiger partial charge in [-0.25, -0.2) is 0 Å². The van der Waals surface area contributed by atoms with Crippen LogP contribution in [0.3, 0.4) is 0 Å². The molecule has 0 amide bonds. The van der Waals surface area contributed by atoms with E-state index in [9.17, 15) is 0 Å². The van der Waals surface area contributed by atoms with Crippen molar-refractivity contribution in [2.24, 2.45) is 0 Å². The fraction of sp³-hybridized carbons (Fsp3) is 0.0833. The normalized spacial score (nSPS) is 20.2. The first-order valence-electron chi connectivity index (χ1n) is 9.07. The molecule has 5 rings (SSSR count). The predicted molar refractivity (Wildman–Crippen MR) is 110 cm³/mol. The van der Waals surface area contributed by atoms with Gasteiger partial charge in [0.1, 0.15) is 17.4 Å². The van der Waals surface area contributed by atoms with Crippen LogP contribution in [0.2, 0.25) is 0 Å². The Bertz CT molecular complexity index is 1120. The highest BCUT2D eigenvalue weighted by Gasteiger charge is 2.33. The van der Waals surface area contributed by atoms with Crippen LogP contribution >= 0.6 is 0 Å². The zero-order chi connectivity index (χ0) is 18.2. The molecule has 1 aliphatic carbocycles. The second kappa shape index (κ2) is 6.36. The van der Waals surface area contributed by atoms with E-state index >= 15 is 0 Å². The van der Waals surface area contributed by atoms with Crippen molar-refractivity contribution in [2.45, 2.75) is 12.0 Å². The van der Waals surface area contributed by atoms with Gasteiger partial charge in [0, 0.05) is 22.6 Å². The minimum atomic E-state index is 0.0141. The Morgan fingerprint density at radius 3 is 2.81 bits per heavy atom. The number of furan rings is 1. The Labute approximate surface area is 158 Å². The quantitative estimate of drug-likeness (QED) is 0.580. The van der Waals surface area contributed by atoms with Gasteiger partial charge in [0.25, 0.3) is 0 Å². The number of nitrogens with one attached hydrogen (secondary N) is 1. The number of fused-ring (bicyclic) bond motifs is 4. The van der Waals surface area contributed by atoms with Gasteiger partial charge < -0.3 is 14.5 Å². The second-order valence-corrected chi connectivity index (χ2v) is 6.68. The highest BCUT2D eigenvalue weighted by atomic mass is 16.5. The summed E-state index contributed by atoms with van der Waals surface area (Å²) in [6.45, 7) is 3.74. The molecule has 0 spiro atoms. The zero-order valence-electron chi connectivity index (χ0n) is 14.8. The standard InChI is InChI=1S/C24H19NO2/c1-2-3-10-22-24(19-9-5-7-12-21(19)26-22)25-16-13-14-18-17-8-4-6-11-20(17)27-23(18)15-16/h2-15,18,23,25H,1H2/b10-3-. The molecule has 0 saturated heterocycles. The van der Waals surface area contributed by atoms with Crippen LogP contribution in [0, 0.1) is 0 Å². The lowest BCUT2D eigenvalue weighted by atomic mass is 9.91. The molecule has 1 aliphatic heterocycles. The molecule has 132 valence electrons. The smallest absolute Gasteiger partial charge is 0.151 e. The molecule has 0 radical (unpaired) electrons. The van der Waals surface area contributed by atoms with E-state index in [1.54, 1.807) is 6.08 Å². The summed E-state index contributed by atoms with van der Waals surface area (Å²) in [5.41, 5.74) is 4.06. The molecule has 0 saturated carbocycles. The van der Waals surface area contributed by atoms with Gasteiger partial charge in [-0.1, -0.05) is 55.1 Å². The van der Waals surface area contributed by atoms with E-state index in [4.69, 9.17) is 9.15 Å². The van der Waals surface area contributed by atoms with Crippen LogP contribution < -0.4 is 10.1 Å². The van der Waals surface area contributed by atoms with Crippen molar-refractivity contribution in [2.75, 3.05) is 5.32 Å². The van der Waals surface area contributed by atoms with Crippen molar-refractivity contribution in [3.05, 3.63) is 103 Å². The molecule has 27 heavy (non-hydrogen) atoms. The first kappa shape index (κ1) is 15.8. The number of allylic oxidation sites excluding steroid dienone is 3. The summed E-state index contributed by atoms with van der Waals surface area (Å²) >= 11 is 0. The van der Waals surface area contributed by atoms with Crippen molar-refractivity contribution >= 4 is 22.7 Å². The molecule has 3 aromatic rings. The average Bonchev–Trinajstić information content (AvgIpc) is 3.24. The monoisotopic (exact) mass is 353 g/mol. The van der Waals surface area contributed by atoms with E-state index in [-0.39, 0.29) is 12.0 Å². The third kappa shape index (κ3) is 2.68. The number of hydrogen-bond donors (Lipinski definition) is 1. The van der Waals surface area contributed by atoms with E-state index in [1.807, 2.05) is 42.5 Å². The highest BCUT2D eigenvalue weighted by Crippen LogP contribution is 2.42. The van der Waals surface area contributed by atoms with E-state index in [0.717, 1.165) is 33.9 Å². The molecule has 3 heteroatoms. The molecule has 2 aromatic carbocycles. The van der Waals surface area contributed by atoms with Crippen molar-refractivity contribution in [3.8, 4) is 5.75 Å². The third-order valence-corrected chi connectivity index (χ3v) is 5.00. The van der Waals surface area contributed by atoms with Crippen molar-refractivity contribution in [3.63, 3.8) is 0 Å². The summed E-state index contributed by atoms with van der Waals surface area (Å²) in [6.07, 6.45) is 12.0. The minimum Gasteiger partial charge on any atom is -0.485 e. The number of rotatable bonds is 4. The summed E-state index contributed by atoms with van der Waals surface area (Å²) in [5, 5.41) is 4.59. The summed E-state index contributed by atoms with van der Waals surface area (Å²) in [5.74, 6) is 2.02. The fourth-order valence-electron chi connectivity index (χ4n) is 3.74. The summed E-state index contributed by atoms with van der Waals surface area (Å²) in [7, 11) is 0. The molecule has 0 fully saturated rings. The molecule has 2 unspecified atom stereocenters. The van der Waals surface area contributed by atoms with Gasteiger partial charge in [-0.3, -0.25) is 0 Å². The number of ether oxygens (including phenoxy) is 1. The van der Waals surface area contributed by atoms with Gasteiger partial charge in [0.2, 0.25) is 0 Å². The first-order chi connectivity index (χ1) is 13.3. The minimum absolute atomic E-state index is 0.0141. The summed E-state index contributed by atoms with van der Waals surface area (Å²) in [4.78, 5) is 0. The maximum absolute atomic E-state index is 6.12. The first-order valence-corrected chi connectivity index (χ1v) is 9.07. The Morgan fingerprint density at radius 1 is 1.04 bits per heavy atom. The van der Waals surface area contributed by atoms with Gasteiger partial charge in [-0.15, -0.1) is 0 Å². The van der Waals surface area contributed by atoms with Gasteiger partial charge >= 0.3 is 0 Å². The van der Waals surface area contributed by atoms with Crippen molar-refractivity contribution in [1.82, 2.24) is 0 Å². The van der Waals surface area contributed by atoms with E-state index < -0.39 is 0 Å². The van der Waals surface area contributed by atoms with Crippen LogP contribution in [0.1, 0.15) is 17.2 Å². The Hall–Kier alpha value is -3.46. The van der Waals surface area contributed by atoms with E-state index in [0.29, 0.717) is 0 Å². The topological polar surface area (TPSA) is 34.4 Å². The molecule has 2 aliphatic rings. The van der Waals surface area contributed by atoms with Crippen LogP contribution in [-0.2, 0) is 0 Å². The molecule has 2 heterocycles. The van der Waals surface area contributed by atoms with Crippen molar-refractivity contribution < 1.29 is 9.15 Å². The maximum Gasteiger partial charge on any atom is 0.151 e. The molecule has 2 atom stereocenters. The fourth-order valence-corrected chi connectivity index (χ4v) is 3.74. The molecule has 3 nitrogen and oxygen atoms in total. The van der Waals surface area contributed by atoms with Gasteiger partial charge in [-0.05, 0) is 36.4 Å². The van der Waals surface area contributed by atoms with Crippen molar-refractivity contribution in [1.29, 1.82) is 0 Å².